The van der Waals surface area contributed by atoms with Gasteiger partial charge in [-0.15, -0.1) is 0 Å². The summed E-state index contributed by atoms with van der Waals surface area (Å²) in [7, 11) is -2.89. The number of nitro benzene ring substituents is 1. The largest absolute Gasteiger partial charge is 0.501 e. The maximum Gasteiger partial charge on any atom is 0.355 e. The van der Waals surface area contributed by atoms with Gasteiger partial charge in [-0.05, 0) is 6.07 Å². The highest BCUT2D eigenvalue weighted by molar-refractivity contribution is 7.85. The summed E-state index contributed by atoms with van der Waals surface area (Å²) in [4.78, 5) is 34.1. The van der Waals surface area contributed by atoms with Gasteiger partial charge in [-0.2, -0.15) is 8.42 Å². The van der Waals surface area contributed by atoms with Crippen molar-refractivity contribution < 1.29 is 46.8 Å². The molecule has 0 amide bonds. The minimum absolute atomic E-state index is 0.333. The standard InChI is InChI=1S/C14H14N2O11S/c1-25-13(18)8-5-27-6-15(11(8)14(19)26-2)9-3-7(28(22,23)24)4-10(12(9)17)16(20)21/h3-4,17H,5-6H2,1-2H3,(H,22,23,24). The fourth-order valence-corrected chi connectivity index (χ4v) is 2.93. The van der Waals surface area contributed by atoms with Crippen molar-refractivity contribution in [3.8, 4) is 5.75 Å². The van der Waals surface area contributed by atoms with E-state index in [9.17, 15) is 37.8 Å². The Morgan fingerprint density at radius 2 is 1.86 bits per heavy atom. The van der Waals surface area contributed by atoms with Crippen LogP contribution < -0.4 is 4.90 Å². The van der Waals surface area contributed by atoms with E-state index in [0.717, 1.165) is 19.1 Å². The van der Waals surface area contributed by atoms with Gasteiger partial charge >= 0.3 is 17.6 Å². The molecule has 0 fully saturated rings. The zero-order valence-corrected chi connectivity index (χ0v) is 15.3. The van der Waals surface area contributed by atoms with E-state index < -0.39 is 61.4 Å². The number of ether oxygens (including phenoxy) is 3. The highest BCUT2D eigenvalue weighted by Gasteiger charge is 2.36. The number of nitro groups is 1. The molecule has 1 aliphatic heterocycles. The molecule has 0 aliphatic carbocycles. The first-order valence-corrected chi connectivity index (χ1v) is 8.70. The number of rotatable bonds is 5. The van der Waals surface area contributed by atoms with Crippen LogP contribution in [0.1, 0.15) is 0 Å². The Kier molecular flexibility index (Phi) is 5.86. The first kappa shape index (κ1) is 21.1. The van der Waals surface area contributed by atoms with E-state index >= 15 is 0 Å². The van der Waals surface area contributed by atoms with Crippen LogP contribution in [-0.2, 0) is 33.9 Å². The molecule has 1 aliphatic rings. The summed E-state index contributed by atoms with van der Waals surface area (Å²) in [6, 6.07) is 1.10. The second kappa shape index (κ2) is 7.79. The van der Waals surface area contributed by atoms with E-state index in [1.807, 2.05) is 0 Å². The van der Waals surface area contributed by atoms with Crippen LogP contribution in [0.5, 0.6) is 5.75 Å². The van der Waals surface area contributed by atoms with Gasteiger partial charge in [0.05, 0.1) is 37.0 Å². The summed E-state index contributed by atoms with van der Waals surface area (Å²) in [5.41, 5.74) is -2.49. The quantitative estimate of drug-likeness (QED) is 0.281. The normalized spacial score (nSPS) is 14.6. The number of phenols is 1. The van der Waals surface area contributed by atoms with Gasteiger partial charge in [-0.25, -0.2) is 9.59 Å². The third-order valence-electron chi connectivity index (χ3n) is 3.66. The number of methoxy groups -OCH3 is 2. The van der Waals surface area contributed by atoms with E-state index in [2.05, 4.69) is 9.47 Å². The molecule has 2 N–H and O–H groups in total. The van der Waals surface area contributed by atoms with Crippen molar-refractivity contribution in [1.29, 1.82) is 0 Å². The van der Waals surface area contributed by atoms with Crippen LogP contribution in [-0.4, -0.2) is 62.5 Å². The second-order valence-electron chi connectivity index (χ2n) is 5.26. The summed E-state index contributed by atoms with van der Waals surface area (Å²) in [6.07, 6.45) is 0. The number of esters is 2. The van der Waals surface area contributed by atoms with E-state index in [0.29, 0.717) is 12.1 Å². The molecule has 28 heavy (non-hydrogen) atoms. The van der Waals surface area contributed by atoms with Crippen molar-refractivity contribution in [3.05, 3.63) is 33.5 Å². The van der Waals surface area contributed by atoms with E-state index in [4.69, 9.17) is 4.74 Å². The number of hydrogen-bond donors (Lipinski definition) is 2. The Hall–Kier alpha value is -3.23. The minimum atomic E-state index is -4.92. The Balaban J connectivity index is 2.83. The van der Waals surface area contributed by atoms with Crippen molar-refractivity contribution in [1.82, 2.24) is 0 Å². The molecule has 2 rings (SSSR count). The lowest BCUT2D eigenvalue weighted by Crippen LogP contribution is -2.39. The van der Waals surface area contributed by atoms with E-state index in [1.165, 1.54) is 0 Å². The molecule has 0 radical (unpaired) electrons. The molecule has 0 bridgehead atoms. The van der Waals surface area contributed by atoms with Gasteiger partial charge in [0.1, 0.15) is 17.3 Å². The predicted octanol–water partition coefficient (Wildman–Crippen LogP) is -0.0587. The molecule has 1 aromatic rings. The van der Waals surface area contributed by atoms with Gasteiger partial charge < -0.3 is 24.2 Å². The molecule has 0 unspecified atom stereocenters. The number of phenolic OH excluding ortho intramolecular Hbond substituents is 1. The molecule has 0 spiro atoms. The van der Waals surface area contributed by atoms with Crippen LogP contribution in [0.25, 0.3) is 0 Å². The maximum absolute atomic E-state index is 12.2. The highest BCUT2D eigenvalue weighted by Crippen LogP contribution is 2.41. The molecule has 0 saturated carbocycles. The van der Waals surface area contributed by atoms with Crippen molar-refractivity contribution in [2.75, 3.05) is 32.5 Å². The highest BCUT2D eigenvalue weighted by atomic mass is 32.2. The molecule has 14 heteroatoms. The fraction of sp³-hybridized carbons (Fsp3) is 0.286. The molecule has 152 valence electrons. The van der Waals surface area contributed by atoms with E-state index in [-0.39, 0.29) is 12.2 Å². The lowest BCUT2D eigenvalue weighted by molar-refractivity contribution is -0.386. The van der Waals surface area contributed by atoms with Crippen LogP contribution in [0.3, 0.4) is 0 Å². The number of carbonyl (C=O) groups excluding carboxylic acids is 2. The molecular weight excluding hydrogens is 404 g/mol. The Labute approximate surface area is 157 Å². The third kappa shape index (κ3) is 3.88. The first-order valence-electron chi connectivity index (χ1n) is 7.26. The van der Waals surface area contributed by atoms with Gasteiger partial charge in [0.2, 0.25) is 5.75 Å². The van der Waals surface area contributed by atoms with Gasteiger partial charge in [-0.3, -0.25) is 14.7 Å². The molecular formula is C14H14N2O11S. The smallest absolute Gasteiger partial charge is 0.355 e. The number of nitrogens with zero attached hydrogens (tertiary/aromatic N) is 2. The third-order valence-corrected chi connectivity index (χ3v) is 4.49. The summed E-state index contributed by atoms with van der Waals surface area (Å²) in [6.45, 7) is -0.890. The van der Waals surface area contributed by atoms with Crippen molar-refractivity contribution in [2.45, 2.75) is 4.90 Å². The summed E-state index contributed by atoms with van der Waals surface area (Å²) >= 11 is 0. The van der Waals surface area contributed by atoms with Crippen LogP contribution in [0, 0.1) is 10.1 Å². The van der Waals surface area contributed by atoms with Crippen LogP contribution in [0.2, 0.25) is 0 Å². The minimum Gasteiger partial charge on any atom is -0.501 e. The lowest BCUT2D eigenvalue weighted by Gasteiger charge is -2.31. The molecule has 13 nitrogen and oxygen atoms in total. The summed E-state index contributed by atoms with van der Waals surface area (Å²) < 4.78 is 46.5. The lowest BCUT2D eigenvalue weighted by atomic mass is 10.1. The SMILES string of the molecule is COC(=O)C1=C(C(=O)OC)N(c2cc(S(=O)(=O)O)cc([N+](=O)[O-])c2O)COC1. The molecule has 1 aromatic carbocycles. The van der Waals surface area contributed by atoms with Gasteiger partial charge in [0.25, 0.3) is 10.1 Å². The first-order chi connectivity index (χ1) is 13.0. The van der Waals surface area contributed by atoms with Crippen molar-refractivity contribution >= 4 is 33.4 Å². The van der Waals surface area contributed by atoms with Crippen LogP contribution >= 0.6 is 0 Å². The Bertz CT molecular complexity index is 983. The molecule has 0 aromatic heterocycles. The average molecular weight is 418 g/mol. The zero-order valence-electron chi connectivity index (χ0n) is 14.4. The maximum atomic E-state index is 12.2. The molecule has 0 atom stereocenters. The fourth-order valence-electron chi connectivity index (χ4n) is 2.41. The van der Waals surface area contributed by atoms with E-state index in [1.54, 1.807) is 0 Å². The Morgan fingerprint density at radius 1 is 1.25 bits per heavy atom. The molecule has 1 heterocycles. The van der Waals surface area contributed by atoms with Crippen LogP contribution in [0.15, 0.2) is 28.3 Å². The number of carbonyl (C=O) groups is 2. The predicted molar refractivity (Wildman–Crippen MR) is 88.9 cm³/mol. The summed E-state index contributed by atoms with van der Waals surface area (Å²) in [5, 5.41) is 21.4. The topological polar surface area (TPSA) is 183 Å². The van der Waals surface area contributed by atoms with Gasteiger partial charge in [-0.1, -0.05) is 0 Å². The van der Waals surface area contributed by atoms with Gasteiger partial charge in [0.15, 0.2) is 0 Å². The van der Waals surface area contributed by atoms with Gasteiger partial charge in [0, 0.05) is 6.07 Å². The summed E-state index contributed by atoms with van der Waals surface area (Å²) in [5.74, 6) is -3.10. The zero-order chi connectivity index (χ0) is 21.2. The van der Waals surface area contributed by atoms with Crippen LogP contribution in [0.4, 0.5) is 11.4 Å². The number of hydrogen-bond acceptors (Lipinski definition) is 11. The van der Waals surface area contributed by atoms with Crippen molar-refractivity contribution in [2.24, 2.45) is 0 Å². The monoisotopic (exact) mass is 418 g/mol. The number of aromatic hydroxyl groups is 1. The number of anilines is 1. The second-order valence-corrected chi connectivity index (χ2v) is 6.68. The Morgan fingerprint density at radius 3 is 2.36 bits per heavy atom. The molecule has 0 saturated heterocycles. The number of benzene rings is 1. The van der Waals surface area contributed by atoms with Crippen molar-refractivity contribution in [3.63, 3.8) is 0 Å². The average Bonchev–Trinajstić information content (AvgIpc) is 2.65.